The van der Waals surface area contributed by atoms with Gasteiger partial charge in [-0.25, -0.2) is 4.79 Å². The summed E-state index contributed by atoms with van der Waals surface area (Å²) in [5.41, 5.74) is 1.14. The van der Waals surface area contributed by atoms with Crippen LogP contribution < -0.4 is 0 Å². The Morgan fingerprint density at radius 3 is 2.04 bits per heavy atom. The molecule has 0 aliphatic heterocycles. The third-order valence-corrected chi connectivity index (χ3v) is 10.1. The van der Waals surface area contributed by atoms with Gasteiger partial charge in [0.05, 0.1) is 7.11 Å². The van der Waals surface area contributed by atoms with Crippen LogP contribution in [0, 0.1) is 5.92 Å². The average molecular weight is 397 g/mol. The SMILES string of the molecule is COC(=O)C(OC)C(OC)(O[Si](C)(C)C(C)(C)C)C(C)Cc1ccccc1. The van der Waals surface area contributed by atoms with Gasteiger partial charge in [-0.15, -0.1) is 0 Å². The Bertz CT molecular complexity index is 596. The third kappa shape index (κ3) is 5.41. The highest BCUT2D eigenvalue weighted by atomic mass is 28.4. The highest BCUT2D eigenvalue weighted by Crippen LogP contribution is 2.43. The normalized spacial score (nSPS) is 17.1. The van der Waals surface area contributed by atoms with Crippen LogP contribution in [0.2, 0.25) is 18.1 Å². The molecule has 6 heteroatoms. The van der Waals surface area contributed by atoms with Crippen LogP contribution in [-0.2, 0) is 29.9 Å². The predicted molar refractivity (Wildman–Crippen MR) is 110 cm³/mol. The Balaban J connectivity index is 3.41. The molecule has 0 radical (unpaired) electrons. The fourth-order valence-corrected chi connectivity index (χ4v) is 4.45. The maximum absolute atomic E-state index is 12.5. The fraction of sp³-hybridized carbons (Fsp3) is 0.667. The molecule has 0 heterocycles. The Hall–Kier alpha value is -1.21. The molecule has 3 atom stereocenters. The van der Waals surface area contributed by atoms with E-state index in [0.717, 1.165) is 5.56 Å². The van der Waals surface area contributed by atoms with Crippen LogP contribution in [0.4, 0.5) is 0 Å². The second kappa shape index (κ2) is 9.32. The van der Waals surface area contributed by atoms with Crippen molar-refractivity contribution in [2.24, 2.45) is 5.92 Å². The van der Waals surface area contributed by atoms with Gasteiger partial charge in [-0.2, -0.15) is 0 Å². The molecule has 0 aromatic heterocycles. The van der Waals surface area contributed by atoms with E-state index in [9.17, 15) is 4.79 Å². The molecule has 1 rings (SSSR count). The van der Waals surface area contributed by atoms with E-state index in [1.807, 2.05) is 25.1 Å². The number of methoxy groups -OCH3 is 3. The zero-order valence-electron chi connectivity index (χ0n) is 18.3. The Kier molecular flexibility index (Phi) is 8.23. The second-order valence-corrected chi connectivity index (χ2v) is 13.2. The highest BCUT2D eigenvalue weighted by molar-refractivity contribution is 6.74. The van der Waals surface area contributed by atoms with E-state index in [1.165, 1.54) is 14.2 Å². The Morgan fingerprint density at radius 1 is 1.07 bits per heavy atom. The van der Waals surface area contributed by atoms with Gasteiger partial charge in [0.1, 0.15) is 0 Å². The van der Waals surface area contributed by atoms with Crippen molar-refractivity contribution in [3.8, 4) is 0 Å². The molecule has 0 aliphatic carbocycles. The first-order chi connectivity index (χ1) is 12.4. The molecular formula is C21H36O5Si. The number of rotatable bonds is 9. The molecule has 0 N–H and O–H groups in total. The van der Waals surface area contributed by atoms with Crippen molar-refractivity contribution in [2.75, 3.05) is 21.3 Å². The van der Waals surface area contributed by atoms with Gasteiger partial charge in [-0.3, -0.25) is 0 Å². The van der Waals surface area contributed by atoms with Crippen LogP contribution in [-0.4, -0.2) is 47.5 Å². The van der Waals surface area contributed by atoms with Gasteiger partial charge in [0.2, 0.25) is 6.10 Å². The molecule has 0 aliphatic rings. The lowest BCUT2D eigenvalue weighted by molar-refractivity contribution is -0.265. The summed E-state index contributed by atoms with van der Waals surface area (Å²) in [6.07, 6.45) is -0.305. The lowest BCUT2D eigenvalue weighted by atomic mass is 9.89. The third-order valence-electron chi connectivity index (χ3n) is 5.63. The number of carbonyl (C=O) groups excluding carboxylic acids is 1. The van der Waals surface area contributed by atoms with Gasteiger partial charge in [-0.05, 0) is 30.1 Å². The second-order valence-electron chi connectivity index (χ2n) is 8.52. The maximum atomic E-state index is 12.5. The molecule has 5 nitrogen and oxygen atoms in total. The molecule has 0 bridgehead atoms. The topological polar surface area (TPSA) is 54.0 Å². The first-order valence-corrected chi connectivity index (χ1v) is 12.3. The summed E-state index contributed by atoms with van der Waals surface area (Å²) in [6.45, 7) is 12.8. The first-order valence-electron chi connectivity index (χ1n) is 9.35. The number of hydrogen-bond acceptors (Lipinski definition) is 5. The van der Waals surface area contributed by atoms with E-state index in [1.54, 1.807) is 7.11 Å². The fourth-order valence-electron chi connectivity index (χ4n) is 2.96. The molecule has 1 aromatic rings. The van der Waals surface area contributed by atoms with Gasteiger partial charge >= 0.3 is 5.97 Å². The zero-order chi connectivity index (χ0) is 20.9. The quantitative estimate of drug-likeness (QED) is 0.351. The van der Waals surface area contributed by atoms with Crippen molar-refractivity contribution in [3.63, 3.8) is 0 Å². The van der Waals surface area contributed by atoms with Crippen LogP contribution >= 0.6 is 0 Å². The minimum Gasteiger partial charge on any atom is -0.467 e. The van der Waals surface area contributed by atoms with Gasteiger partial charge in [0.15, 0.2) is 14.1 Å². The number of esters is 1. The minimum atomic E-state index is -2.29. The van der Waals surface area contributed by atoms with Crippen LogP contribution in [0.25, 0.3) is 0 Å². The molecule has 3 unspecified atom stereocenters. The van der Waals surface area contributed by atoms with Crippen molar-refractivity contribution in [1.82, 2.24) is 0 Å². The monoisotopic (exact) mass is 396 g/mol. The van der Waals surface area contributed by atoms with Gasteiger partial charge < -0.3 is 18.6 Å². The first kappa shape index (κ1) is 23.8. The lowest BCUT2D eigenvalue weighted by Gasteiger charge is -2.49. The molecule has 0 fully saturated rings. The van der Waals surface area contributed by atoms with Gasteiger partial charge in [0, 0.05) is 20.1 Å². The summed E-state index contributed by atoms with van der Waals surface area (Å²) in [4.78, 5) is 12.5. The highest BCUT2D eigenvalue weighted by Gasteiger charge is 2.55. The van der Waals surface area contributed by atoms with Crippen molar-refractivity contribution in [3.05, 3.63) is 35.9 Å². The van der Waals surface area contributed by atoms with Gasteiger partial charge in [0.25, 0.3) is 0 Å². The molecule has 0 amide bonds. The molecule has 1 aromatic carbocycles. The van der Waals surface area contributed by atoms with E-state index >= 15 is 0 Å². The van der Waals surface area contributed by atoms with Crippen molar-refractivity contribution in [1.29, 1.82) is 0 Å². The summed E-state index contributed by atoms with van der Waals surface area (Å²) in [6, 6.07) is 10.1. The van der Waals surface area contributed by atoms with E-state index in [2.05, 4.69) is 46.0 Å². The van der Waals surface area contributed by atoms with Crippen molar-refractivity contribution in [2.45, 2.75) is 64.1 Å². The summed E-state index contributed by atoms with van der Waals surface area (Å²) in [5.74, 6) is -1.90. The molecule has 27 heavy (non-hydrogen) atoms. The average Bonchev–Trinajstić information content (AvgIpc) is 2.60. The summed E-state index contributed by atoms with van der Waals surface area (Å²) >= 11 is 0. The number of carbonyl (C=O) groups is 1. The number of benzene rings is 1. The van der Waals surface area contributed by atoms with E-state index < -0.39 is 26.2 Å². The summed E-state index contributed by atoms with van der Waals surface area (Å²) < 4.78 is 23.3. The summed E-state index contributed by atoms with van der Waals surface area (Å²) in [7, 11) is 2.12. The minimum absolute atomic E-state index is 0.0579. The Labute approximate surface area is 165 Å². The predicted octanol–water partition coefficient (Wildman–Crippen LogP) is 4.42. The van der Waals surface area contributed by atoms with E-state index in [4.69, 9.17) is 18.6 Å². The molecule has 0 saturated carbocycles. The standard InChI is InChI=1S/C21H36O5Si/c1-16(15-17-13-11-10-12-14-17)21(25-7,18(23-5)19(22)24-6)26-27(8,9)20(2,3)4/h10-14,16,18H,15H2,1-9H3. The van der Waals surface area contributed by atoms with Crippen molar-refractivity contribution >= 4 is 14.3 Å². The molecule has 154 valence electrons. The van der Waals surface area contributed by atoms with E-state index in [0.29, 0.717) is 6.42 Å². The van der Waals surface area contributed by atoms with Gasteiger partial charge in [-0.1, -0.05) is 58.0 Å². The molecular weight excluding hydrogens is 360 g/mol. The number of ether oxygens (including phenoxy) is 3. The molecule has 0 saturated heterocycles. The van der Waals surface area contributed by atoms with Crippen LogP contribution in [0.3, 0.4) is 0 Å². The maximum Gasteiger partial charge on any atom is 0.340 e. The zero-order valence-corrected chi connectivity index (χ0v) is 19.3. The lowest BCUT2D eigenvalue weighted by Crippen LogP contribution is -2.62. The van der Waals surface area contributed by atoms with Crippen molar-refractivity contribution < 1.29 is 23.4 Å². The van der Waals surface area contributed by atoms with E-state index in [-0.39, 0.29) is 11.0 Å². The van der Waals surface area contributed by atoms with Crippen LogP contribution in [0.5, 0.6) is 0 Å². The number of hydrogen-bond donors (Lipinski definition) is 0. The smallest absolute Gasteiger partial charge is 0.340 e. The molecule has 0 spiro atoms. The largest absolute Gasteiger partial charge is 0.467 e. The summed E-state index contributed by atoms with van der Waals surface area (Å²) in [5, 5.41) is -0.0579. The Morgan fingerprint density at radius 2 is 1.63 bits per heavy atom. The van der Waals surface area contributed by atoms with Crippen LogP contribution in [0.1, 0.15) is 33.3 Å². The van der Waals surface area contributed by atoms with Crippen LogP contribution in [0.15, 0.2) is 30.3 Å².